The highest BCUT2D eigenvalue weighted by Gasteiger charge is 2.03. The van der Waals surface area contributed by atoms with Crippen LogP contribution in [0.5, 0.6) is 0 Å². The average Bonchev–Trinajstić information content (AvgIpc) is 2.96. The Balaban J connectivity index is 1.86. The van der Waals surface area contributed by atoms with Crippen LogP contribution >= 0.6 is 15.9 Å². The largest absolute Gasteiger partial charge is 0.467 e. The number of rotatable bonds is 5. The van der Waals surface area contributed by atoms with E-state index in [0.29, 0.717) is 17.9 Å². The van der Waals surface area contributed by atoms with Gasteiger partial charge in [-0.3, -0.25) is 9.59 Å². The minimum atomic E-state index is -0.341. The molecule has 102 valence electrons. The molecule has 0 aliphatic rings. The molecular weight excluding hydrogens is 322 g/mol. The van der Waals surface area contributed by atoms with Gasteiger partial charge in [0.05, 0.1) is 12.8 Å². The van der Waals surface area contributed by atoms with Crippen LogP contribution in [-0.2, 0) is 11.3 Å². The van der Waals surface area contributed by atoms with Crippen molar-refractivity contribution in [2.45, 2.75) is 6.54 Å². The van der Waals surface area contributed by atoms with Crippen LogP contribution in [0.15, 0.2) is 63.7 Å². The van der Waals surface area contributed by atoms with Gasteiger partial charge in [0.15, 0.2) is 5.78 Å². The van der Waals surface area contributed by atoms with E-state index in [1.165, 1.54) is 18.4 Å². The molecule has 1 N–H and O–H groups in total. The molecule has 0 atom stereocenters. The van der Waals surface area contributed by atoms with E-state index in [1.54, 1.807) is 36.4 Å². The maximum absolute atomic E-state index is 11.8. The van der Waals surface area contributed by atoms with Gasteiger partial charge in [0, 0.05) is 16.1 Å². The molecule has 1 aromatic carbocycles. The van der Waals surface area contributed by atoms with Crippen LogP contribution in [-0.4, -0.2) is 11.7 Å². The van der Waals surface area contributed by atoms with Crippen LogP contribution in [0.1, 0.15) is 16.1 Å². The van der Waals surface area contributed by atoms with E-state index in [2.05, 4.69) is 21.2 Å². The van der Waals surface area contributed by atoms with E-state index >= 15 is 0 Å². The van der Waals surface area contributed by atoms with Gasteiger partial charge in [0.2, 0.25) is 5.91 Å². The number of ketones is 1. The Bertz CT molecular complexity index is 615. The highest BCUT2D eigenvalue weighted by Crippen LogP contribution is 2.11. The molecule has 0 aliphatic heterocycles. The first-order valence-electron chi connectivity index (χ1n) is 5.93. The quantitative estimate of drug-likeness (QED) is 0.675. The average molecular weight is 334 g/mol. The number of carbonyl (C=O) groups is 2. The van der Waals surface area contributed by atoms with E-state index in [4.69, 9.17) is 4.42 Å². The van der Waals surface area contributed by atoms with E-state index in [1.807, 2.05) is 0 Å². The van der Waals surface area contributed by atoms with Crippen molar-refractivity contribution in [3.05, 3.63) is 70.6 Å². The smallest absolute Gasteiger partial charge is 0.244 e. The van der Waals surface area contributed by atoms with Gasteiger partial charge in [-0.25, -0.2) is 0 Å². The molecule has 0 radical (unpaired) electrons. The fourth-order valence-corrected chi connectivity index (χ4v) is 1.77. The maximum atomic E-state index is 11.8. The second-order valence-electron chi connectivity index (χ2n) is 4.00. The van der Waals surface area contributed by atoms with Crippen LogP contribution in [0.3, 0.4) is 0 Å². The Labute approximate surface area is 124 Å². The molecular formula is C15H12BrNO3. The summed E-state index contributed by atoms with van der Waals surface area (Å²) in [5, 5.41) is 2.62. The number of hydrogen-bond donors (Lipinski definition) is 1. The lowest BCUT2D eigenvalue weighted by molar-refractivity contribution is -0.116. The molecule has 1 amide bonds. The van der Waals surface area contributed by atoms with Crippen molar-refractivity contribution in [2.24, 2.45) is 0 Å². The first-order valence-corrected chi connectivity index (χ1v) is 6.72. The number of nitrogens with one attached hydrogen (secondary N) is 1. The van der Waals surface area contributed by atoms with E-state index < -0.39 is 0 Å². The van der Waals surface area contributed by atoms with Crippen molar-refractivity contribution >= 4 is 27.6 Å². The summed E-state index contributed by atoms with van der Waals surface area (Å²) >= 11 is 3.29. The Morgan fingerprint density at radius 3 is 2.55 bits per heavy atom. The Kier molecular flexibility index (Phi) is 4.90. The highest BCUT2D eigenvalue weighted by molar-refractivity contribution is 9.10. The van der Waals surface area contributed by atoms with Crippen molar-refractivity contribution in [1.29, 1.82) is 0 Å². The Morgan fingerprint density at radius 1 is 1.15 bits per heavy atom. The Hall–Kier alpha value is -2.14. The molecule has 0 saturated heterocycles. The zero-order chi connectivity index (χ0) is 14.4. The van der Waals surface area contributed by atoms with Crippen LogP contribution in [0.2, 0.25) is 0 Å². The van der Waals surface area contributed by atoms with E-state index in [-0.39, 0.29) is 11.7 Å². The molecule has 2 aromatic rings. The predicted octanol–water partition coefficient (Wildman–Crippen LogP) is 3.10. The minimum absolute atomic E-state index is 0.217. The number of benzene rings is 1. The number of furan rings is 1. The first kappa shape index (κ1) is 14.3. The minimum Gasteiger partial charge on any atom is -0.467 e. The molecule has 0 aliphatic carbocycles. The second-order valence-corrected chi connectivity index (χ2v) is 4.92. The van der Waals surface area contributed by atoms with Crippen LogP contribution in [0.4, 0.5) is 0 Å². The summed E-state index contributed by atoms with van der Waals surface area (Å²) < 4.78 is 5.98. The summed E-state index contributed by atoms with van der Waals surface area (Å²) in [5.41, 5.74) is 0.531. The van der Waals surface area contributed by atoms with Gasteiger partial charge in [0.25, 0.3) is 0 Å². The number of amides is 1. The predicted molar refractivity (Wildman–Crippen MR) is 78.2 cm³/mol. The fourth-order valence-electron chi connectivity index (χ4n) is 1.51. The van der Waals surface area contributed by atoms with Gasteiger partial charge in [-0.2, -0.15) is 0 Å². The van der Waals surface area contributed by atoms with Crippen molar-refractivity contribution in [3.63, 3.8) is 0 Å². The standard InChI is InChI=1S/C15H12BrNO3/c16-12-5-3-11(4-6-12)14(18)7-8-15(19)17-10-13-2-1-9-20-13/h1-9H,10H2,(H,17,19)/b8-7+. The third-order valence-electron chi connectivity index (χ3n) is 2.53. The summed E-state index contributed by atoms with van der Waals surface area (Å²) in [7, 11) is 0. The summed E-state index contributed by atoms with van der Waals surface area (Å²) in [6.45, 7) is 0.294. The summed E-state index contributed by atoms with van der Waals surface area (Å²) in [6.07, 6.45) is 4.00. The highest BCUT2D eigenvalue weighted by atomic mass is 79.9. The van der Waals surface area contributed by atoms with Crippen LogP contribution in [0.25, 0.3) is 0 Å². The van der Waals surface area contributed by atoms with Gasteiger partial charge in [0.1, 0.15) is 5.76 Å². The second kappa shape index (κ2) is 6.86. The molecule has 1 heterocycles. The normalized spacial score (nSPS) is 10.7. The Morgan fingerprint density at radius 2 is 1.90 bits per heavy atom. The van der Waals surface area contributed by atoms with Gasteiger partial charge < -0.3 is 9.73 Å². The molecule has 4 nitrogen and oxygen atoms in total. The van der Waals surface area contributed by atoms with Gasteiger partial charge in [-0.15, -0.1) is 0 Å². The fraction of sp³-hybridized carbons (Fsp3) is 0.0667. The van der Waals surface area contributed by atoms with Crippen molar-refractivity contribution < 1.29 is 14.0 Å². The maximum Gasteiger partial charge on any atom is 0.244 e. The van der Waals surface area contributed by atoms with Crippen LogP contribution < -0.4 is 5.32 Å². The summed E-state index contributed by atoms with van der Waals surface area (Å²) in [6, 6.07) is 10.4. The molecule has 2 rings (SSSR count). The molecule has 0 spiro atoms. The van der Waals surface area contributed by atoms with Gasteiger partial charge in [-0.1, -0.05) is 15.9 Å². The topological polar surface area (TPSA) is 59.3 Å². The molecule has 0 unspecified atom stereocenters. The zero-order valence-electron chi connectivity index (χ0n) is 10.5. The lowest BCUT2D eigenvalue weighted by atomic mass is 10.1. The SMILES string of the molecule is O=C(/C=C/C(=O)c1ccc(Br)cc1)NCc1ccco1. The molecule has 5 heteroatoms. The lowest BCUT2D eigenvalue weighted by Gasteiger charge is -1.98. The van der Waals surface area contributed by atoms with Crippen molar-refractivity contribution in [2.75, 3.05) is 0 Å². The number of allylic oxidation sites excluding steroid dienone is 1. The van der Waals surface area contributed by atoms with Gasteiger partial charge in [-0.05, 0) is 42.5 Å². The van der Waals surface area contributed by atoms with Crippen LogP contribution in [0, 0.1) is 0 Å². The zero-order valence-corrected chi connectivity index (χ0v) is 12.1. The third kappa shape index (κ3) is 4.20. The molecule has 1 aromatic heterocycles. The summed E-state index contributed by atoms with van der Waals surface area (Å²) in [5.74, 6) is 0.100. The van der Waals surface area contributed by atoms with E-state index in [0.717, 1.165) is 4.47 Å². The summed E-state index contributed by atoms with van der Waals surface area (Å²) in [4.78, 5) is 23.3. The van der Waals surface area contributed by atoms with Crippen molar-refractivity contribution in [1.82, 2.24) is 5.32 Å². The number of hydrogen-bond acceptors (Lipinski definition) is 3. The molecule has 20 heavy (non-hydrogen) atoms. The van der Waals surface area contributed by atoms with E-state index in [9.17, 15) is 9.59 Å². The third-order valence-corrected chi connectivity index (χ3v) is 3.06. The molecule has 0 saturated carbocycles. The van der Waals surface area contributed by atoms with Crippen molar-refractivity contribution in [3.8, 4) is 0 Å². The van der Waals surface area contributed by atoms with Gasteiger partial charge >= 0.3 is 0 Å². The monoisotopic (exact) mass is 333 g/mol. The number of halogens is 1. The molecule has 0 bridgehead atoms. The molecule has 0 fully saturated rings. The number of carbonyl (C=O) groups excluding carboxylic acids is 2. The lowest BCUT2D eigenvalue weighted by Crippen LogP contribution is -2.20. The first-order chi connectivity index (χ1) is 9.65.